The fourth-order valence-corrected chi connectivity index (χ4v) is 5.46. The van der Waals surface area contributed by atoms with Crippen molar-refractivity contribution in [2.45, 2.75) is 151 Å². The van der Waals surface area contributed by atoms with E-state index in [1.165, 1.54) is 19.3 Å². The number of nitrogens with zero attached hydrogens (tertiary/aromatic N) is 2. The van der Waals surface area contributed by atoms with E-state index in [0.717, 1.165) is 32.7 Å². The first-order valence-electron chi connectivity index (χ1n) is 13.6. The molecular formula is C29H64N4. The molecule has 0 aromatic heterocycles. The third-order valence-electron chi connectivity index (χ3n) is 6.62. The van der Waals surface area contributed by atoms with Crippen LogP contribution in [0.4, 0.5) is 0 Å². The van der Waals surface area contributed by atoms with Gasteiger partial charge >= 0.3 is 0 Å². The molecule has 0 fully saturated rings. The lowest BCUT2D eigenvalue weighted by atomic mass is 9.83. The fourth-order valence-electron chi connectivity index (χ4n) is 5.46. The molecule has 1 atom stereocenters. The van der Waals surface area contributed by atoms with Gasteiger partial charge in [0.2, 0.25) is 0 Å². The van der Waals surface area contributed by atoms with Crippen LogP contribution in [0.15, 0.2) is 0 Å². The minimum absolute atomic E-state index is 0.179. The van der Waals surface area contributed by atoms with Gasteiger partial charge in [0.05, 0.1) is 0 Å². The predicted octanol–water partition coefficient (Wildman–Crippen LogP) is 6.55. The highest BCUT2D eigenvalue weighted by molar-refractivity contribution is 4.89. The summed E-state index contributed by atoms with van der Waals surface area (Å²) in [4.78, 5) is 5.22. The number of hydrogen-bond acceptors (Lipinski definition) is 4. The monoisotopic (exact) mass is 469 g/mol. The zero-order valence-electron chi connectivity index (χ0n) is 25.6. The molecule has 0 bridgehead atoms. The Balaban J connectivity index is 4.49. The topological polar surface area (TPSA) is 30.5 Å². The molecule has 4 heteroatoms. The molecule has 0 heterocycles. The summed E-state index contributed by atoms with van der Waals surface area (Å²) in [7, 11) is 0. The summed E-state index contributed by atoms with van der Waals surface area (Å²) in [6.45, 7) is 40.4. The zero-order valence-corrected chi connectivity index (χ0v) is 25.6. The first-order chi connectivity index (χ1) is 14.6. The Kier molecular flexibility index (Phi) is 12.6. The summed E-state index contributed by atoms with van der Waals surface area (Å²) in [6, 6.07) is 0.552. The third kappa shape index (κ3) is 13.5. The van der Waals surface area contributed by atoms with Crippen LogP contribution in [-0.4, -0.2) is 70.7 Å². The Morgan fingerprint density at radius 3 is 1.27 bits per heavy atom. The first kappa shape index (κ1) is 32.8. The molecule has 0 aliphatic carbocycles. The highest BCUT2D eigenvalue weighted by Crippen LogP contribution is 2.26. The molecule has 0 rings (SSSR count). The molecule has 0 saturated carbocycles. The quantitative estimate of drug-likeness (QED) is 0.318. The fraction of sp³-hybridized carbons (Fsp3) is 1.00. The Bertz CT molecular complexity index is 492. The maximum atomic E-state index is 3.92. The molecule has 0 radical (unpaired) electrons. The van der Waals surface area contributed by atoms with Crippen molar-refractivity contribution in [3.8, 4) is 0 Å². The van der Waals surface area contributed by atoms with Crippen molar-refractivity contribution in [3.63, 3.8) is 0 Å². The summed E-state index contributed by atoms with van der Waals surface area (Å²) in [5, 5.41) is 7.61. The highest BCUT2D eigenvalue weighted by atomic mass is 15.3. The molecule has 2 N–H and O–H groups in total. The minimum atomic E-state index is 0.179. The van der Waals surface area contributed by atoms with Crippen LogP contribution in [0.25, 0.3) is 0 Å². The van der Waals surface area contributed by atoms with Crippen LogP contribution in [-0.2, 0) is 0 Å². The van der Waals surface area contributed by atoms with Gasteiger partial charge < -0.3 is 10.6 Å². The van der Waals surface area contributed by atoms with Crippen LogP contribution >= 0.6 is 0 Å². The summed E-state index contributed by atoms with van der Waals surface area (Å²) >= 11 is 0. The van der Waals surface area contributed by atoms with Crippen LogP contribution < -0.4 is 10.6 Å². The third-order valence-corrected chi connectivity index (χ3v) is 6.62. The molecule has 33 heavy (non-hydrogen) atoms. The average Bonchev–Trinajstić information content (AvgIpc) is 2.52. The normalized spacial score (nSPS) is 15.5. The summed E-state index contributed by atoms with van der Waals surface area (Å²) in [6.07, 6.45) is 3.76. The lowest BCUT2D eigenvalue weighted by Crippen LogP contribution is -2.55. The van der Waals surface area contributed by atoms with Crippen molar-refractivity contribution in [2.75, 3.05) is 32.7 Å². The Hall–Kier alpha value is -0.160. The molecule has 200 valence electrons. The summed E-state index contributed by atoms with van der Waals surface area (Å²) in [5.74, 6) is 0. The molecular weight excluding hydrogens is 404 g/mol. The van der Waals surface area contributed by atoms with E-state index in [1.807, 2.05) is 0 Å². The van der Waals surface area contributed by atoms with Gasteiger partial charge in [-0.25, -0.2) is 0 Å². The van der Waals surface area contributed by atoms with E-state index < -0.39 is 0 Å². The van der Waals surface area contributed by atoms with Crippen molar-refractivity contribution >= 4 is 0 Å². The lowest BCUT2D eigenvalue weighted by Gasteiger charge is -2.46. The second-order valence-electron chi connectivity index (χ2n) is 15.1. The maximum Gasteiger partial charge on any atom is 0.0130 e. The lowest BCUT2D eigenvalue weighted by molar-refractivity contribution is 0.0375. The average molecular weight is 469 g/mol. The largest absolute Gasteiger partial charge is 0.315 e. The van der Waals surface area contributed by atoms with Crippen molar-refractivity contribution in [3.05, 3.63) is 0 Å². The molecule has 1 unspecified atom stereocenters. The molecule has 0 aromatic rings. The van der Waals surface area contributed by atoms with Gasteiger partial charge in [-0.15, -0.1) is 0 Å². The van der Waals surface area contributed by atoms with Crippen LogP contribution in [0, 0.1) is 5.41 Å². The van der Waals surface area contributed by atoms with Crippen molar-refractivity contribution in [1.29, 1.82) is 0 Å². The number of rotatable bonds is 12. The standard InChI is InChI=1S/C29H64N4/c1-25(2,3)24(31-21-23-33(28(10,11)12)29(13,14)15)18-16-17-19-30-20-22-32(26(4,5)6)27(7,8)9/h24,30-31H,16-23H2,1-15H3. The van der Waals surface area contributed by atoms with Crippen molar-refractivity contribution < 1.29 is 0 Å². The van der Waals surface area contributed by atoms with Gasteiger partial charge in [-0.2, -0.15) is 0 Å². The van der Waals surface area contributed by atoms with E-state index in [0.29, 0.717) is 6.04 Å². The van der Waals surface area contributed by atoms with Crippen LogP contribution in [0.5, 0.6) is 0 Å². The molecule has 0 aromatic carbocycles. The minimum Gasteiger partial charge on any atom is -0.315 e. The van der Waals surface area contributed by atoms with Crippen LogP contribution in [0.3, 0.4) is 0 Å². The van der Waals surface area contributed by atoms with Crippen molar-refractivity contribution in [1.82, 2.24) is 20.4 Å². The van der Waals surface area contributed by atoms with E-state index >= 15 is 0 Å². The van der Waals surface area contributed by atoms with Gasteiger partial charge in [-0.3, -0.25) is 9.80 Å². The second-order valence-corrected chi connectivity index (χ2v) is 15.1. The predicted molar refractivity (Wildman–Crippen MR) is 150 cm³/mol. The number of nitrogens with one attached hydrogen (secondary N) is 2. The number of unbranched alkanes of at least 4 members (excludes halogenated alkanes) is 1. The molecule has 0 saturated heterocycles. The van der Waals surface area contributed by atoms with E-state index in [4.69, 9.17) is 0 Å². The van der Waals surface area contributed by atoms with Gasteiger partial charge in [0, 0.05) is 54.4 Å². The van der Waals surface area contributed by atoms with E-state index in [9.17, 15) is 0 Å². The SMILES string of the molecule is CC(C)(C)C(CCCCNCCN(C(C)(C)C)C(C)(C)C)NCCN(C(C)(C)C)C(C)(C)C. The van der Waals surface area contributed by atoms with Gasteiger partial charge in [0.25, 0.3) is 0 Å². The molecule has 0 aliphatic rings. The molecule has 0 amide bonds. The van der Waals surface area contributed by atoms with E-state index in [1.54, 1.807) is 0 Å². The zero-order chi connectivity index (χ0) is 26.3. The molecule has 4 nitrogen and oxygen atoms in total. The van der Waals surface area contributed by atoms with E-state index in [-0.39, 0.29) is 27.6 Å². The van der Waals surface area contributed by atoms with Crippen LogP contribution in [0.1, 0.15) is 123 Å². The highest BCUT2D eigenvalue weighted by Gasteiger charge is 2.32. The van der Waals surface area contributed by atoms with Crippen molar-refractivity contribution in [2.24, 2.45) is 5.41 Å². The van der Waals surface area contributed by atoms with Gasteiger partial charge in [0.15, 0.2) is 0 Å². The Labute approximate surface area is 210 Å². The molecule has 0 spiro atoms. The van der Waals surface area contributed by atoms with Gasteiger partial charge in [0.1, 0.15) is 0 Å². The second kappa shape index (κ2) is 12.7. The Morgan fingerprint density at radius 1 is 0.515 bits per heavy atom. The maximum absolute atomic E-state index is 3.92. The van der Waals surface area contributed by atoms with E-state index in [2.05, 4.69) is 124 Å². The van der Waals surface area contributed by atoms with Gasteiger partial charge in [-0.05, 0) is 108 Å². The molecule has 0 aliphatic heterocycles. The first-order valence-corrected chi connectivity index (χ1v) is 13.6. The Morgan fingerprint density at radius 2 is 0.909 bits per heavy atom. The summed E-state index contributed by atoms with van der Waals surface area (Å²) in [5.41, 5.74) is 1.03. The van der Waals surface area contributed by atoms with Gasteiger partial charge in [-0.1, -0.05) is 27.2 Å². The summed E-state index contributed by atoms with van der Waals surface area (Å²) < 4.78 is 0. The number of hydrogen-bond donors (Lipinski definition) is 2. The van der Waals surface area contributed by atoms with Crippen LogP contribution in [0.2, 0.25) is 0 Å². The smallest absolute Gasteiger partial charge is 0.0130 e.